The van der Waals surface area contributed by atoms with Gasteiger partial charge in [0.25, 0.3) is 5.91 Å². The molecule has 2 aromatic carbocycles. The summed E-state index contributed by atoms with van der Waals surface area (Å²) in [4.78, 5) is 12.0. The monoisotopic (exact) mass is 322 g/mol. The number of hydrogen-bond donors (Lipinski definition) is 1. The van der Waals surface area contributed by atoms with Crippen molar-refractivity contribution in [3.63, 3.8) is 0 Å². The summed E-state index contributed by atoms with van der Waals surface area (Å²) in [6, 6.07) is 14.1. The Balaban J connectivity index is 1.93. The Bertz CT molecular complexity index is 746. The number of amides is 1. The number of hydrazone groups is 1. The lowest BCUT2D eigenvalue weighted by molar-refractivity contribution is 0.0955. The van der Waals surface area contributed by atoms with Crippen molar-refractivity contribution in [3.05, 3.63) is 59.7 Å². The number of carbonyl (C=O) groups excluding carboxylic acids is 1. The third kappa shape index (κ3) is 5.18. The summed E-state index contributed by atoms with van der Waals surface area (Å²) in [6.45, 7) is 2.69. The van der Waals surface area contributed by atoms with E-state index in [-0.39, 0.29) is 12.5 Å². The molecule has 0 aliphatic rings. The molecule has 0 unspecified atom stereocenters. The lowest BCUT2D eigenvalue weighted by Crippen LogP contribution is -2.17. The highest BCUT2D eigenvalue weighted by Gasteiger charge is 2.04. The Labute approximate surface area is 141 Å². The van der Waals surface area contributed by atoms with Gasteiger partial charge in [-0.05, 0) is 48.9 Å². The summed E-state index contributed by atoms with van der Waals surface area (Å²) in [6.07, 6.45) is 6.69. The van der Waals surface area contributed by atoms with Gasteiger partial charge >= 0.3 is 0 Å². The van der Waals surface area contributed by atoms with Gasteiger partial charge in [-0.1, -0.05) is 18.1 Å². The molecule has 2 rings (SSSR count). The third-order valence-corrected chi connectivity index (χ3v) is 2.99. The maximum Gasteiger partial charge on any atom is 0.271 e. The van der Waals surface area contributed by atoms with Gasteiger partial charge in [-0.15, -0.1) is 6.42 Å². The van der Waals surface area contributed by atoms with Gasteiger partial charge in [0.1, 0.15) is 18.1 Å². The smallest absolute Gasteiger partial charge is 0.271 e. The Morgan fingerprint density at radius 1 is 1.21 bits per heavy atom. The first kappa shape index (κ1) is 17.1. The van der Waals surface area contributed by atoms with E-state index in [0.29, 0.717) is 17.9 Å². The van der Waals surface area contributed by atoms with Crippen molar-refractivity contribution < 1.29 is 14.3 Å². The van der Waals surface area contributed by atoms with Gasteiger partial charge in [0.05, 0.1) is 12.8 Å². The zero-order valence-electron chi connectivity index (χ0n) is 13.4. The molecule has 0 radical (unpaired) electrons. The summed E-state index contributed by atoms with van der Waals surface area (Å²) in [5.41, 5.74) is 3.77. The normalized spacial score (nSPS) is 10.2. The van der Waals surface area contributed by atoms with E-state index < -0.39 is 0 Å². The van der Waals surface area contributed by atoms with E-state index in [1.807, 2.05) is 19.1 Å². The maximum atomic E-state index is 12.0. The molecule has 1 N–H and O–H groups in total. The van der Waals surface area contributed by atoms with E-state index in [1.165, 1.54) is 6.21 Å². The van der Waals surface area contributed by atoms with Crippen molar-refractivity contribution in [2.45, 2.75) is 6.92 Å². The van der Waals surface area contributed by atoms with Crippen molar-refractivity contribution in [1.82, 2.24) is 5.43 Å². The minimum Gasteiger partial charge on any atom is -0.494 e. The van der Waals surface area contributed by atoms with Crippen LogP contribution < -0.4 is 14.9 Å². The number of nitrogens with zero attached hydrogens (tertiary/aromatic N) is 1. The molecule has 0 saturated heterocycles. The second kappa shape index (κ2) is 9.01. The van der Waals surface area contributed by atoms with Crippen LogP contribution in [0.5, 0.6) is 11.5 Å². The maximum absolute atomic E-state index is 12.0. The van der Waals surface area contributed by atoms with E-state index in [4.69, 9.17) is 15.9 Å². The molecule has 0 aliphatic heterocycles. The first-order valence-corrected chi connectivity index (χ1v) is 7.45. The molecule has 1 amide bonds. The molecule has 0 aromatic heterocycles. The quantitative estimate of drug-likeness (QED) is 0.484. The van der Waals surface area contributed by atoms with Gasteiger partial charge in [-0.25, -0.2) is 5.43 Å². The lowest BCUT2D eigenvalue weighted by atomic mass is 10.2. The SMILES string of the molecule is C#CCOc1cccc(/C=N\NC(=O)c2ccc(OCC)cc2)c1. The molecule has 0 heterocycles. The predicted molar refractivity (Wildman–Crippen MR) is 93.4 cm³/mol. The van der Waals surface area contributed by atoms with Crippen molar-refractivity contribution in [2.75, 3.05) is 13.2 Å². The zero-order chi connectivity index (χ0) is 17.2. The summed E-state index contributed by atoms with van der Waals surface area (Å²) in [5.74, 6) is 3.48. The minimum atomic E-state index is -0.297. The molecule has 0 spiro atoms. The molecule has 2 aromatic rings. The van der Waals surface area contributed by atoms with Gasteiger partial charge in [-0.3, -0.25) is 4.79 Å². The fraction of sp³-hybridized carbons (Fsp3) is 0.158. The van der Waals surface area contributed by atoms with Crippen molar-refractivity contribution in [3.8, 4) is 23.8 Å². The van der Waals surface area contributed by atoms with Crippen LogP contribution in [0.4, 0.5) is 0 Å². The Morgan fingerprint density at radius 2 is 2.00 bits per heavy atom. The van der Waals surface area contributed by atoms with Gasteiger partial charge in [0.2, 0.25) is 0 Å². The van der Waals surface area contributed by atoms with E-state index >= 15 is 0 Å². The molecule has 24 heavy (non-hydrogen) atoms. The van der Waals surface area contributed by atoms with E-state index in [2.05, 4.69) is 16.4 Å². The molecular weight excluding hydrogens is 304 g/mol. The number of ether oxygens (including phenoxy) is 2. The van der Waals surface area contributed by atoms with Crippen LogP contribution in [0.15, 0.2) is 53.6 Å². The zero-order valence-corrected chi connectivity index (χ0v) is 13.4. The average molecular weight is 322 g/mol. The summed E-state index contributed by atoms with van der Waals surface area (Å²) in [5, 5.41) is 3.95. The lowest BCUT2D eigenvalue weighted by Gasteiger charge is -2.04. The van der Waals surface area contributed by atoms with Crippen LogP contribution in [0, 0.1) is 12.3 Å². The topological polar surface area (TPSA) is 59.9 Å². The van der Waals surface area contributed by atoms with Crippen LogP contribution in [0.3, 0.4) is 0 Å². The fourth-order valence-electron chi connectivity index (χ4n) is 1.91. The summed E-state index contributed by atoms with van der Waals surface area (Å²) < 4.78 is 10.7. The molecular formula is C19H18N2O3. The van der Waals surface area contributed by atoms with Crippen molar-refractivity contribution in [1.29, 1.82) is 0 Å². The van der Waals surface area contributed by atoms with Gasteiger partial charge in [0.15, 0.2) is 0 Å². The third-order valence-electron chi connectivity index (χ3n) is 2.99. The highest BCUT2D eigenvalue weighted by molar-refractivity contribution is 5.95. The number of rotatable bonds is 7. The molecule has 5 heteroatoms. The molecule has 0 fully saturated rings. The number of nitrogens with one attached hydrogen (secondary N) is 1. The number of carbonyl (C=O) groups is 1. The first-order chi connectivity index (χ1) is 11.7. The van der Waals surface area contributed by atoms with E-state index in [0.717, 1.165) is 11.3 Å². The second-order valence-corrected chi connectivity index (χ2v) is 4.72. The molecule has 0 aliphatic carbocycles. The predicted octanol–water partition coefficient (Wildman–Crippen LogP) is 2.86. The Morgan fingerprint density at radius 3 is 2.71 bits per heavy atom. The molecule has 122 valence electrons. The molecule has 5 nitrogen and oxygen atoms in total. The fourth-order valence-corrected chi connectivity index (χ4v) is 1.91. The highest BCUT2D eigenvalue weighted by atomic mass is 16.5. The van der Waals surface area contributed by atoms with Crippen LogP contribution in [0.1, 0.15) is 22.8 Å². The molecule has 0 saturated carbocycles. The minimum absolute atomic E-state index is 0.203. The van der Waals surface area contributed by atoms with Gasteiger partial charge in [0, 0.05) is 5.56 Å². The van der Waals surface area contributed by atoms with Crippen LogP contribution in [-0.4, -0.2) is 25.3 Å². The van der Waals surface area contributed by atoms with Crippen molar-refractivity contribution in [2.24, 2.45) is 5.10 Å². The number of hydrogen-bond acceptors (Lipinski definition) is 4. The Kier molecular flexibility index (Phi) is 6.42. The number of benzene rings is 2. The van der Waals surface area contributed by atoms with Crippen LogP contribution >= 0.6 is 0 Å². The van der Waals surface area contributed by atoms with Crippen LogP contribution in [0.25, 0.3) is 0 Å². The highest BCUT2D eigenvalue weighted by Crippen LogP contribution is 2.13. The first-order valence-electron chi connectivity index (χ1n) is 7.45. The Hall–Kier alpha value is -3.26. The average Bonchev–Trinajstić information content (AvgIpc) is 2.61. The van der Waals surface area contributed by atoms with E-state index in [9.17, 15) is 4.79 Å². The molecule has 0 atom stereocenters. The van der Waals surface area contributed by atoms with Crippen LogP contribution in [0.2, 0.25) is 0 Å². The summed E-state index contributed by atoms with van der Waals surface area (Å²) >= 11 is 0. The largest absolute Gasteiger partial charge is 0.494 e. The molecule has 0 bridgehead atoms. The van der Waals surface area contributed by atoms with Gasteiger partial charge in [-0.2, -0.15) is 5.10 Å². The van der Waals surface area contributed by atoms with E-state index in [1.54, 1.807) is 36.4 Å². The van der Waals surface area contributed by atoms with Crippen molar-refractivity contribution >= 4 is 12.1 Å². The standard InChI is InChI=1S/C19H18N2O3/c1-3-12-24-18-7-5-6-15(13-18)14-20-21-19(22)16-8-10-17(11-9-16)23-4-2/h1,5-11,13-14H,4,12H2,2H3,(H,21,22)/b20-14-. The van der Waals surface area contributed by atoms with Crippen LogP contribution in [-0.2, 0) is 0 Å². The summed E-state index contributed by atoms with van der Waals surface area (Å²) in [7, 11) is 0. The second-order valence-electron chi connectivity index (χ2n) is 4.72. The van der Waals surface area contributed by atoms with Gasteiger partial charge < -0.3 is 9.47 Å². The number of terminal acetylenes is 1.